The molecule has 1 N–H and O–H groups in total. The van der Waals surface area contributed by atoms with Crippen LogP contribution in [0.15, 0.2) is 41.8 Å². The number of anilines is 1. The number of rotatable bonds is 5. The van der Waals surface area contributed by atoms with E-state index in [0.717, 1.165) is 16.2 Å². The van der Waals surface area contributed by atoms with Crippen molar-refractivity contribution in [2.45, 2.75) is 6.18 Å². The van der Waals surface area contributed by atoms with Gasteiger partial charge in [-0.3, -0.25) is 24.1 Å². The molecule has 4 rings (SSSR count). The van der Waals surface area contributed by atoms with E-state index in [1.165, 1.54) is 18.2 Å². The Bertz CT molecular complexity index is 1180. The number of aromatic nitrogens is 1. The summed E-state index contributed by atoms with van der Waals surface area (Å²) in [6.07, 6.45) is -5.11. The summed E-state index contributed by atoms with van der Waals surface area (Å²) in [7, 11) is 0. The zero-order valence-corrected chi connectivity index (χ0v) is 16.9. The van der Waals surface area contributed by atoms with E-state index in [1.807, 2.05) is 0 Å². The average molecular weight is 465 g/mol. The summed E-state index contributed by atoms with van der Waals surface area (Å²) >= 11 is 1.46. The highest BCUT2D eigenvalue weighted by atomic mass is 32.1. The molecule has 0 bridgehead atoms. The first-order valence-electron chi connectivity index (χ1n) is 8.58. The molecule has 3 aromatic rings. The number of hydrogen-bond donors (Lipinski definition) is 1. The predicted molar refractivity (Wildman–Crippen MR) is 106 cm³/mol. The maximum absolute atomic E-state index is 13.0. The van der Waals surface area contributed by atoms with E-state index >= 15 is 0 Å². The summed E-state index contributed by atoms with van der Waals surface area (Å²) < 4.78 is 38.9. The summed E-state index contributed by atoms with van der Waals surface area (Å²) in [6.45, 7) is -0.650. The Balaban J connectivity index is 1.56. The summed E-state index contributed by atoms with van der Waals surface area (Å²) in [5, 5.41) is 3.63. The molecule has 31 heavy (non-hydrogen) atoms. The molecular weight excluding hydrogens is 455 g/mol. The summed E-state index contributed by atoms with van der Waals surface area (Å²) in [5.41, 5.74) is 0.124. The Morgan fingerprint density at radius 1 is 1.03 bits per heavy atom. The van der Waals surface area contributed by atoms with Gasteiger partial charge in [-0.1, -0.05) is 29.5 Å². The first kappa shape index (κ1) is 20.9. The third-order valence-corrected chi connectivity index (χ3v) is 6.12. The van der Waals surface area contributed by atoms with Crippen LogP contribution in [0, 0.1) is 0 Å². The quantitative estimate of drug-likeness (QED) is 0.456. The molecule has 12 heteroatoms. The molecule has 1 aliphatic heterocycles. The summed E-state index contributed by atoms with van der Waals surface area (Å²) in [4.78, 5) is 53.3. The Labute approximate surface area is 180 Å². The molecular formula is C19H10F3N3O4S2. The van der Waals surface area contributed by atoms with Gasteiger partial charge in [0.2, 0.25) is 5.91 Å². The van der Waals surface area contributed by atoms with Crippen LogP contribution in [0.25, 0.3) is 10.6 Å². The lowest BCUT2D eigenvalue weighted by Gasteiger charge is -2.12. The van der Waals surface area contributed by atoms with Crippen LogP contribution in [-0.2, 0) is 4.79 Å². The van der Waals surface area contributed by atoms with Gasteiger partial charge in [0, 0.05) is 0 Å². The van der Waals surface area contributed by atoms with Crippen LogP contribution in [0.5, 0.6) is 0 Å². The SMILES string of the molecule is O=C(CN1C(=O)c2ccccc2C1=O)Nc1nc(-c2cccs2)c(C(=O)C(F)(F)F)s1. The molecule has 1 aliphatic rings. The van der Waals surface area contributed by atoms with Gasteiger partial charge in [-0.25, -0.2) is 4.98 Å². The maximum atomic E-state index is 13.0. The lowest BCUT2D eigenvalue weighted by atomic mass is 10.1. The number of nitrogens with one attached hydrogen (secondary N) is 1. The molecule has 0 fully saturated rings. The topological polar surface area (TPSA) is 96.4 Å². The lowest BCUT2D eigenvalue weighted by molar-refractivity contribution is -0.116. The number of alkyl halides is 3. The Kier molecular flexibility index (Phi) is 5.19. The van der Waals surface area contributed by atoms with Crippen molar-refractivity contribution in [3.8, 4) is 10.6 Å². The van der Waals surface area contributed by atoms with Crippen LogP contribution < -0.4 is 5.32 Å². The van der Waals surface area contributed by atoms with E-state index in [0.29, 0.717) is 16.2 Å². The molecule has 0 aliphatic carbocycles. The van der Waals surface area contributed by atoms with Gasteiger partial charge >= 0.3 is 6.18 Å². The second-order valence-electron chi connectivity index (χ2n) is 6.29. The van der Waals surface area contributed by atoms with Crippen LogP contribution in [0.2, 0.25) is 0 Å². The van der Waals surface area contributed by atoms with Crippen LogP contribution in [0.4, 0.5) is 18.3 Å². The van der Waals surface area contributed by atoms with Gasteiger partial charge in [0.1, 0.15) is 17.1 Å². The third-order valence-electron chi connectivity index (χ3n) is 4.27. The van der Waals surface area contributed by atoms with Crippen molar-refractivity contribution in [3.05, 3.63) is 57.8 Å². The average Bonchev–Trinajstić information content (AvgIpc) is 3.43. The predicted octanol–water partition coefficient (Wildman–Crippen LogP) is 3.85. The van der Waals surface area contributed by atoms with Gasteiger partial charge in [-0.15, -0.1) is 11.3 Å². The molecule has 2 aromatic heterocycles. The second-order valence-corrected chi connectivity index (χ2v) is 8.24. The van der Waals surface area contributed by atoms with E-state index in [9.17, 15) is 32.3 Å². The fourth-order valence-electron chi connectivity index (χ4n) is 2.92. The van der Waals surface area contributed by atoms with Crippen molar-refractivity contribution in [3.63, 3.8) is 0 Å². The van der Waals surface area contributed by atoms with Gasteiger partial charge in [-0.05, 0) is 23.6 Å². The minimum atomic E-state index is -5.11. The van der Waals surface area contributed by atoms with Crippen LogP contribution in [0.3, 0.4) is 0 Å². The first-order chi connectivity index (χ1) is 14.7. The minimum absolute atomic E-state index is 0.160. The van der Waals surface area contributed by atoms with Crippen molar-refractivity contribution in [2.75, 3.05) is 11.9 Å². The lowest BCUT2D eigenvalue weighted by Crippen LogP contribution is -2.37. The molecule has 0 atom stereocenters. The molecule has 0 radical (unpaired) electrons. The number of nitrogens with zero attached hydrogens (tertiary/aromatic N) is 2. The third kappa shape index (κ3) is 3.86. The van der Waals surface area contributed by atoms with Gasteiger partial charge in [0.15, 0.2) is 5.13 Å². The van der Waals surface area contributed by atoms with E-state index < -0.39 is 41.1 Å². The number of ketones is 1. The number of halogens is 3. The minimum Gasteiger partial charge on any atom is -0.300 e. The Hall–Kier alpha value is -3.38. The highest BCUT2D eigenvalue weighted by molar-refractivity contribution is 7.19. The van der Waals surface area contributed by atoms with E-state index in [4.69, 9.17) is 0 Å². The summed E-state index contributed by atoms with van der Waals surface area (Å²) in [5.74, 6) is -4.22. The van der Waals surface area contributed by atoms with Crippen molar-refractivity contribution in [1.82, 2.24) is 9.88 Å². The largest absolute Gasteiger partial charge is 0.455 e. The van der Waals surface area contributed by atoms with Gasteiger partial charge in [0.25, 0.3) is 17.6 Å². The monoisotopic (exact) mass is 465 g/mol. The van der Waals surface area contributed by atoms with Crippen molar-refractivity contribution in [1.29, 1.82) is 0 Å². The van der Waals surface area contributed by atoms with Gasteiger partial charge in [0.05, 0.1) is 16.0 Å². The fourth-order valence-corrected chi connectivity index (χ4v) is 4.66. The molecule has 0 spiro atoms. The van der Waals surface area contributed by atoms with E-state index in [2.05, 4.69) is 10.3 Å². The van der Waals surface area contributed by atoms with Crippen LogP contribution in [-0.4, -0.2) is 46.1 Å². The molecule has 158 valence electrons. The number of benzene rings is 1. The second kappa shape index (κ2) is 7.71. The van der Waals surface area contributed by atoms with Crippen molar-refractivity contribution >= 4 is 51.3 Å². The first-order valence-corrected chi connectivity index (χ1v) is 10.3. The number of carbonyl (C=O) groups excluding carboxylic acids is 4. The smallest absolute Gasteiger partial charge is 0.300 e. The van der Waals surface area contributed by atoms with Gasteiger partial charge in [-0.2, -0.15) is 13.2 Å². The highest BCUT2D eigenvalue weighted by Gasteiger charge is 2.43. The number of hydrogen-bond acceptors (Lipinski definition) is 7. The standard InChI is InChI=1S/C19H10F3N3O4S2/c20-19(21,22)15(27)14-13(11-6-3-7-30-11)24-18(31-14)23-12(26)8-25-16(28)9-4-1-2-5-10(9)17(25)29/h1-7H,8H2,(H,23,24,26). The number of Topliss-reactive ketones (excluding diaryl/α,β-unsaturated/α-hetero) is 1. The highest BCUT2D eigenvalue weighted by Crippen LogP contribution is 2.37. The molecule has 3 amide bonds. The zero-order chi connectivity index (χ0) is 22.3. The van der Waals surface area contributed by atoms with Crippen LogP contribution >= 0.6 is 22.7 Å². The maximum Gasteiger partial charge on any atom is 0.455 e. The molecule has 0 saturated carbocycles. The number of fused-ring (bicyclic) bond motifs is 1. The number of imide groups is 1. The summed E-state index contributed by atoms with van der Waals surface area (Å²) in [6, 6.07) is 9.15. The van der Waals surface area contributed by atoms with Gasteiger partial charge < -0.3 is 5.32 Å². The Morgan fingerprint density at radius 2 is 1.68 bits per heavy atom. The zero-order valence-electron chi connectivity index (χ0n) is 15.2. The number of carbonyl (C=O) groups is 4. The van der Waals surface area contributed by atoms with E-state index in [1.54, 1.807) is 23.6 Å². The molecule has 1 aromatic carbocycles. The normalized spacial score (nSPS) is 13.5. The van der Waals surface area contributed by atoms with Crippen molar-refractivity contribution < 1.29 is 32.3 Å². The number of thiophene rings is 1. The molecule has 3 heterocycles. The number of amides is 3. The number of thiazole rings is 1. The molecule has 0 saturated heterocycles. The Morgan fingerprint density at radius 3 is 2.23 bits per heavy atom. The molecule has 7 nitrogen and oxygen atoms in total. The van der Waals surface area contributed by atoms with E-state index in [-0.39, 0.29) is 22.0 Å². The fraction of sp³-hybridized carbons (Fsp3) is 0.105. The van der Waals surface area contributed by atoms with Crippen LogP contribution in [0.1, 0.15) is 30.4 Å². The molecule has 0 unspecified atom stereocenters. The van der Waals surface area contributed by atoms with Crippen molar-refractivity contribution in [2.24, 2.45) is 0 Å².